The van der Waals surface area contributed by atoms with Crippen molar-refractivity contribution in [2.24, 2.45) is 17.2 Å². The summed E-state index contributed by atoms with van der Waals surface area (Å²) in [5.74, 6) is -2.16. The predicted molar refractivity (Wildman–Crippen MR) is 75.5 cm³/mol. The Morgan fingerprint density at radius 2 is 1.32 bits per heavy atom. The van der Waals surface area contributed by atoms with Crippen LogP contribution in [0.3, 0.4) is 0 Å². The van der Waals surface area contributed by atoms with Gasteiger partial charge < -0.3 is 27.4 Å². The van der Waals surface area contributed by atoms with Crippen LogP contribution in [0, 0.1) is 0 Å². The SMILES string of the molecule is C=CC(N)=O.NC(CSSCC(N)C(=O)O)C(=O)O. The Labute approximate surface area is 118 Å². The van der Waals surface area contributed by atoms with Gasteiger partial charge in [0, 0.05) is 11.5 Å². The standard InChI is InChI=1S/C6H12N2O4S2.C3H5NO/c7-3(5(9)10)1-13-14-2-4(8)6(11)12;1-2-3(4)5/h3-4H,1-2,7-8H2,(H,9,10)(H,11,12);2H,1H2,(H2,4,5). The van der Waals surface area contributed by atoms with Crippen LogP contribution >= 0.6 is 21.6 Å². The van der Waals surface area contributed by atoms with Gasteiger partial charge in [0.1, 0.15) is 12.1 Å². The number of carboxylic acids is 2. The second-order valence-electron chi connectivity index (χ2n) is 3.06. The number of carbonyl (C=O) groups is 3. The molecule has 0 spiro atoms. The van der Waals surface area contributed by atoms with E-state index in [9.17, 15) is 14.4 Å². The van der Waals surface area contributed by atoms with Gasteiger partial charge in [-0.15, -0.1) is 0 Å². The molecular formula is C9H17N3O5S2. The van der Waals surface area contributed by atoms with Crippen LogP contribution in [0.1, 0.15) is 0 Å². The zero-order chi connectivity index (χ0) is 15.4. The number of carboxylic acid groups (broad SMARTS) is 2. The number of hydrogen-bond donors (Lipinski definition) is 5. The molecule has 0 bridgehead atoms. The molecule has 0 aliphatic heterocycles. The topological polar surface area (TPSA) is 170 Å². The zero-order valence-corrected chi connectivity index (χ0v) is 11.7. The molecule has 0 saturated heterocycles. The van der Waals surface area contributed by atoms with Crippen molar-refractivity contribution in [3.8, 4) is 0 Å². The highest BCUT2D eigenvalue weighted by Gasteiger charge is 2.14. The second kappa shape index (κ2) is 11.8. The molecular weight excluding hydrogens is 294 g/mol. The lowest BCUT2D eigenvalue weighted by molar-refractivity contribution is -0.138. The molecule has 0 aliphatic rings. The number of rotatable bonds is 8. The van der Waals surface area contributed by atoms with Gasteiger partial charge >= 0.3 is 11.9 Å². The van der Waals surface area contributed by atoms with Crippen LogP contribution in [-0.4, -0.2) is 51.6 Å². The Kier molecular flexibility index (Phi) is 12.5. The Morgan fingerprint density at radius 3 is 1.47 bits per heavy atom. The zero-order valence-electron chi connectivity index (χ0n) is 10.0. The van der Waals surface area contributed by atoms with Crippen LogP contribution in [0.4, 0.5) is 0 Å². The molecule has 19 heavy (non-hydrogen) atoms. The molecule has 110 valence electrons. The van der Waals surface area contributed by atoms with Crippen molar-refractivity contribution in [3.05, 3.63) is 12.7 Å². The van der Waals surface area contributed by atoms with Crippen LogP contribution in [0.25, 0.3) is 0 Å². The van der Waals surface area contributed by atoms with E-state index < -0.39 is 29.9 Å². The van der Waals surface area contributed by atoms with E-state index >= 15 is 0 Å². The fourth-order valence-electron chi connectivity index (χ4n) is 0.385. The van der Waals surface area contributed by atoms with Crippen molar-refractivity contribution in [1.29, 1.82) is 0 Å². The first kappa shape index (κ1) is 20.1. The van der Waals surface area contributed by atoms with E-state index in [2.05, 4.69) is 12.3 Å². The number of nitrogens with two attached hydrogens (primary N) is 3. The summed E-state index contributed by atoms with van der Waals surface area (Å²) < 4.78 is 0. The number of primary amides is 1. The second-order valence-corrected chi connectivity index (χ2v) is 5.62. The highest BCUT2D eigenvalue weighted by Crippen LogP contribution is 2.22. The van der Waals surface area contributed by atoms with E-state index in [-0.39, 0.29) is 11.5 Å². The lowest BCUT2D eigenvalue weighted by Gasteiger charge is -2.07. The minimum atomic E-state index is -1.07. The van der Waals surface area contributed by atoms with E-state index in [1.165, 1.54) is 21.6 Å². The van der Waals surface area contributed by atoms with Gasteiger partial charge in [-0.05, 0) is 6.08 Å². The molecule has 0 aromatic rings. The van der Waals surface area contributed by atoms with Gasteiger partial charge in [-0.2, -0.15) is 0 Å². The molecule has 8 nitrogen and oxygen atoms in total. The maximum atomic E-state index is 10.3. The smallest absolute Gasteiger partial charge is 0.321 e. The first-order chi connectivity index (χ1) is 8.72. The van der Waals surface area contributed by atoms with Crippen LogP contribution in [0.5, 0.6) is 0 Å². The summed E-state index contributed by atoms with van der Waals surface area (Å²) in [6, 6.07) is -1.85. The summed E-state index contributed by atoms with van der Waals surface area (Å²) in [6.07, 6.45) is 1.06. The lowest BCUT2D eigenvalue weighted by atomic mass is 10.4. The summed E-state index contributed by atoms with van der Waals surface area (Å²) in [7, 11) is 2.41. The quantitative estimate of drug-likeness (QED) is 0.211. The summed E-state index contributed by atoms with van der Waals surface area (Å²) in [5.41, 5.74) is 15.0. The van der Waals surface area contributed by atoms with Gasteiger partial charge in [-0.25, -0.2) is 0 Å². The maximum absolute atomic E-state index is 10.3. The van der Waals surface area contributed by atoms with E-state index in [0.29, 0.717) is 0 Å². The molecule has 0 aromatic carbocycles. The maximum Gasteiger partial charge on any atom is 0.321 e. The molecule has 2 atom stereocenters. The average Bonchev–Trinajstić information content (AvgIpc) is 2.34. The first-order valence-electron chi connectivity index (χ1n) is 4.85. The highest BCUT2D eigenvalue weighted by atomic mass is 33.1. The molecule has 0 saturated carbocycles. The number of carbonyl (C=O) groups excluding carboxylic acids is 1. The predicted octanol–water partition coefficient (Wildman–Crippen LogP) is -1.15. The summed E-state index contributed by atoms with van der Waals surface area (Å²) >= 11 is 0. The van der Waals surface area contributed by atoms with Crippen molar-refractivity contribution in [1.82, 2.24) is 0 Å². The van der Waals surface area contributed by atoms with Crippen molar-refractivity contribution < 1.29 is 24.6 Å². The van der Waals surface area contributed by atoms with Crippen LogP contribution in [-0.2, 0) is 14.4 Å². The van der Waals surface area contributed by atoms with E-state index in [0.717, 1.165) is 6.08 Å². The van der Waals surface area contributed by atoms with Gasteiger partial charge in [0.2, 0.25) is 5.91 Å². The van der Waals surface area contributed by atoms with Gasteiger partial charge in [-0.3, -0.25) is 14.4 Å². The van der Waals surface area contributed by atoms with Crippen molar-refractivity contribution in [2.75, 3.05) is 11.5 Å². The number of hydrogen-bond acceptors (Lipinski definition) is 7. The van der Waals surface area contributed by atoms with Crippen molar-refractivity contribution >= 4 is 39.4 Å². The van der Waals surface area contributed by atoms with E-state index in [1.54, 1.807) is 0 Å². The summed E-state index contributed by atoms with van der Waals surface area (Å²) in [6.45, 7) is 3.09. The van der Waals surface area contributed by atoms with Gasteiger partial charge in [0.15, 0.2) is 0 Å². The first-order valence-corrected chi connectivity index (χ1v) is 7.34. The van der Waals surface area contributed by atoms with Gasteiger partial charge in [-0.1, -0.05) is 28.2 Å². The fraction of sp³-hybridized carbons (Fsp3) is 0.444. The molecule has 0 heterocycles. The molecule has 0 fully saturated rings. The Balaban J connectivity index is 0. The van der Waals surface area contributed by atoms with E-state index in [4.69, 9.17) is 21.7 Å². The minimum Gasteiger partial charge on any atom is -0.480 e. The summed E-state index contributed by atoms with van der Waals surface area (Å²) in [4.78, 5) is 30.0. The fourth-order valence-corrected chi connectivity index (χ4v) is 2.61. The van der Waals surface area contributed by atoms with Crippen molar-refractivity contribution in [2.45, 2.75) is 12.1 Å². The third kappa shape index (κ3) is 14.7. The Morgan fingerprint density at radius 1 is 1.05 bits per heavy atom. The Bertz CT molecular complexity index is 305. The summed E-state index contributed by atoms with van der Waals surface area (Å²) in [5, 5.41) is 16.8. The van der Waals surface area contributed by atoms with E-state index in [1.807, 2.05) is 0 Å². The molecule has 0 radical (unpaired) electrons. The average molecular weight is 311 g/mol. The monoisotopic (exact) mass is 311 g/mol. The lowest BCUT2D eigenvalue weighted by Crippen LogP contribution is -2.33. The molecule has 2 unspecified atom stereocenters. The highest BCUT2D eigenvalue weighted by molar-refractivity contribution is 8.76. The molecule has 10 heteroatoms. The Hall–Kier alpha value is -1.23. The molecule has 8 N–H and O–H groups in total. The normalized spacial score (nSPS) is 12.5. The van der Waals surface area contributed by atoms with Crippen molar-refractivity contribution in [3.63, 3.8) is 0 Å². The molecule has 1 amide bonds. The third-order valence-electron chi connectivity index (χ3n) is 1.41. The van der Waals surface area contributed by atoms with Crippen LogP contribution in [0.2, 0.25) is 0 Å². The largest absolute Gasteiger partial charge is 0.480 e. The third-order valence-corrected chi connectivity index (χ3v) is 3.89. The number of aliphatic carboxylic acids is 2. The van der Waals surface area contributed by atoms with Crippen LogP contribution in [0.15, 0.2) is 12.7 Å². The van der Waals surface area contributed by atoms with Gasteiger partial charge in [0.25, 0.3) is 0 Å². The minimum absolute atomic E-state index is 0.229. The van der Waals surface area contributed by atoms with Crippen LogP contribution < -0.4 is 17.2 Å². The molecule has 0 aliphatic carbocycles. The number of amides is 1. The molecule has 0 aromatic heterocycles. The van der Waals surface area contributed by atoms with Gasteiger partial charge in [0.05, 0.1) is 0 Å². The molecule has 0 rings (SSSR count).